The van der Waals surface area contributed by atoms with Crippen LogP contribution >= 0.6 is 0 Å². The van der Waals surface area contributed by atoms with E-state index in [0.29, 0.717) is 24.7 Å². The van der Waals surface area contributed by atoms with Gasteiger partial charge in [0, 0.05) is 56.3 Å². The number of amides is 1. The highest BCUT2D eigenvalue weighted by atomic mass is 16.2. The molecule has 0 spiro atoms. The summed E-state index contributed by atoms with van der Waals surface area (Å²) in [5.74, 6) is 1.45. The summed E-state index contributed by atoms with van der Waals surface area (Å²) in [5, 5.41) is 3.47. The van der Waals surface area contributed by atoms with Crippen molar-refractivity contribution >= 4 is 17.3 Å². The number of carbonyl (C=O) groups excluding carboxylic acids is 1. The average molecular weight is 412 g/mol. The molecule has 2 atom stereocenters. The molecule has 2 rings (SSSR count). The first-order valence-corrected chi connectivity index (χ1v) is 11.1. The molecule has 1 aliphatic heterocycles. The second-order valence-electron chi connectivity index (χ2n) is 10.3. The van der Waals surface area contributed by atoms with E-state index in [4.69, 9.17) is 0 Å². The Morgan fingerprint density at radius 1 is 1.13 bits per heavy atom. The van der Waals surface area contributed by atoms with Crippen LogP contribution in [-0.4, -0.2) is 42.9 Å². The van der Waals surface area contributed by atoms with Gasteiger partial charge in [-0.15, -0.1) is 0 Å². The standard InChI is InChI=1S/C26H41N3O/c1-18-14-19(2)17-29(16-18)21(4)23-15-22(26(5,6)7)11-12-24(23)27-20(3)10-13-25(30)28(8)9/h11-12,15,18-19,27H,3-4,10,13-14,16-17H2,1-2,5-9H3/t18-,19+. The largest absolute Gasteiger partial charge is 0.371 e. The molecule has 0 bridgehead atoms. The molecule has 4 heteroatoms. The van der Waals surface area contributed by atoms with Gasteiger partial charge in [-0.25, -0.2) is 0 Å². The molecule has 1 N–H and O–H groups in total. The van der Waals surface area contributed by atoms with Crippen LogP contribution in [0.2, 0.25) is 0 Å². The molecule has 1 heterocycles. The summed E-state index contributed by atoms with van der Waals surface area (Å²) < 4.78 is 0. The molecule has 1 saturated heterocycles. The van der Waals surface area contributed by atoms with Crippen LogP contribution < -0.4 is 5.32 Å². The molecule has 166 valence electrons. The minimum atomic E-state index is 0.0607. The molecule has 0 unspecified atom stereocenters. The van der Waals surface area contributed by atoms with Gasteiger partial charge in [0.2, 0.25) is 5.91 Å². The lowest BCUT2D eigenvalue weighted by atomic mass is 9.85. The van der Waals surface area contributed by atoms with Gasteiger partial charge in [0.25, 0.3) is 0 Å². The number of likely N-dealkylation sites (tertiary alicyclic amines) is 1. The minimum absolute atomic E-state index is 0.0607. The third-order valence-corrected chi connectivity index (χ3v) is 5.90. The maximum absolute atomic E-state index is 11.9. The zero-order valence-corrected chi connectivity index (χ0v) is 20.1. The van der Waals surface area contributed by atoms with E-state index in [2.05, 4.69) is 76.2 Å². The van der Waals surface area contributed by atoms with Gasteiger partial charge < -0.3 is 15.1 Å². The Bertz CT molecular complexity index is 778. The minimum Gasteiger partial charge on any atom is -0.371 e. The molecule has 1 fully saturated rings. The van der Waals surface area contributed by atoms with Crippen LogP contribution in [0, 0.1) is 11.8 Å². The second kappa shape index (κ2) is 9.72. The highest BCUT2D eigenvalue weighted by molar-refractivity contribution is 5.77. The van der Waals surface area contributed by atoms with Crippen molar-refractivity contribution in [3.8, 4) is 0 Å². The Morgan fingerprint density at radius 2 is 1.73 bits per heavy atom. The van der Waals surface area contributed by atoms with E-state index in [-0.39, 0.29) is 11.3 Å². The van der Waals surface area contributed by atoms with E-state index in [1.54, 1.807) is 19.0 Å². The van der Waals surface area contributed by atoms with E-state index in [1.807, 2.05) is 0 Å². The first-order valence-electron chi connectivity index (χ1n) is 11.1. The first-order chi connectivity index (χ1) is 13.9. The molecule has 4 nitrogen and oxygen atoms in total. The predicted molar refractivity (Wildman–Crippen MR) is 129 cm³/mol. The molecule has 1 aromatic rings. The molecular weight excluding hydrogens is 370 g/mol. The number of hydrogen-bond acceptors (Lipinski definition) is 3. The molecule has 1 aliphatic rings. The Morgan fingerprint density at radius 3 is 2.27 bits per heavy atom. The molecule has 0 aliphatic carbocycles. The van der Waals surface area contributed by atoms with Crippen molar-refractivity contribution in [3.63, 3.8) is 0 Å². The fourth-order valence-corrected chi connectivity index (χ4v) is 4.15. The zero-order valence-electron chi connectivity index (χ0n) is 20.1. The third kappa shape index (κ3) is 6.38. The number of carbonyl (C=O) groups is 1. The quantitative estimate of drug-likeness (QED) is 0.623. The SMILES string of the molecule is C=C(CCC(=O)N(C)C)Nc1ccc(C(C)(C)C)cc1C(=C)N1C[C@H](C)C[C@H](C)C1. The second-order valence-corrected chi connectivity index (χ2v) is 10.3. The molecule has 0 radical (unpaired) electrons. The van der Waals surface area contributed by atoms with E-state index < -0.39 is 0 Å². The van der Waals surface area contributed by atoms with Crippen molar-refractivity contribution in [2.75, 3.05) is 32.5 Å². The highest BCUT2D eigenvalue weighted by Gasteiger charge is 2.25. The fraction of sp³-hybridized carbons (Fsp3) is 0.577. The number of piperidine rings is 1. The van der Waals surface area contributed by atoms with Gasteiger partial charge in [0.1, 0.15) is 0 Å². The van der Waals surface area contributed by atoms with Gasteiger partial charge in [-0.2, -0.15) is 0 Å². The molecule has 1 amide bonds. The molecule has 0 saturated carbocycles. The van der Waals surface area contributed by atoms with Crippen molar-refractivity contribution in [3.05, 3.63) is 48.2 Å². The maximum Gasteiger partial charge on any atom is 0.222 e. The van der Waals surface area contributed by atoms with Crippen LogP contribution in [0.25, 0.3) is 5.70 Å². The highest BCUT2D eigenvalue weighted by Crippen LogP contribution is 2.35. The number of anilines is 1. The molecule has 30 heavy (non-hydrogen) atoms. The monoisotopic (exact) mass is 411 g/mol. The van der Waals surface area contributed by atoms with Crippen LogP contribution in [0.15, 0.2) is 37.1 Å². The number of rotatable bonds is 7. The van der Waals surface area contributed by atoms with E-state index in [0.717, 1.165) is 35.7 Å². The van der Waals surface area contributed by atoms with Crippen molar-refractivity contribution in [1.29, 1.82) is 0 Å². The van der Waals surface area contributed by atoms with Gasteiger partial charge >= 0.3 is 0 Å². The maximum atomic E-state index is 11.9. The number of hydrogen-bond donors (Lipinski definition) is 1. The summed E-state index contributed by atoms with van der Waals surface area (Å²) in [6.07, 6.45) is 2.34. The predicted octanol–water partition coefficient (Wildman–Crippen LogP) is 5.73. The Labute approximate surface area is 184 Å². The van der Waals surface area contributed by atoms with Crippen molar-refractivity contribution in [2.24, 2.45) is 11.8 Å². The summed E-state index contributed by atoms with van der Waals surface area (Å²) in [6, 6.07) is 6.59. The zero-order chi connectivity index (χ0) is 22.6. The first kappa shape index (κ1) is 24.0. The number of nitrogens with one attached hydrogen (secondary N) is 1. The van der Waals surface area contributed by atoms with Gasteiger partial charge in [0.05, 0.1) is 0 Å². The lowest BCUT2D eigenvalue weighted by Gasteiger charge is -2.38. The van der Waals surface area contributed by atoms with E-state index in [1.165, 1.54) is 12.0 Å². The third-order valence-electron chi connectivity index (χ3n) is 5.90. The number of allylic oxidation sites excluding steroid dienone is 1. The molecule has 0 aromatic heterocycles. The Kier molecular flexibility index (Phi) is 7.79. The lowest BCUT2D eigenvalue weighted by Crippen LogP contribution is -2.37. The number of benzene rings is 1. The van der Waals surface area contributed by atoms with Gasteiger partial charge in [-0.1, -0.05) is 53.8 Å². The van der Waals surface area contributed by atoms with Gasteiger partial charge in [-0.3, -0.25) is 4.79 Å². The summed E-state index contributed by atoms with van der Waals surface area (Å²) >= 11 is 0. The Balaban J connectivity index is 2.28. The summed E-state index contributed by atoms with van der Waals surface area (Å²) in [5.41, 5.74) is 5.41. The smallest absolute Gasteiger partial charge is 0.222 e. The van der Waals surface area contributed by atoms with Crippen molar-refractivity contribution in [1.82, 2.24) is 9.80 Å². The van der Waals surface area contributed by atoms with Gasteiger partial charge in [-0.05, 0) is 47.8 Å². The van der Waals surface area contributed by atoms with Gasteiger partial charge in [0.15, 0.2) is 0 Å². The lowest BCUT2D eigenvalue weighted by molar-refractivity contribution is -0.128. The van der Waals surface area contributed by atoms with Crippen molar-refractivity contribution in [2.45, 2.75) is 59.3 Å². The van der Waals surface area contributed by atoms with Crippen LogP contribution in [0.4, 0.5) is 5.69 Å². The van der Waals surface area contributed by atoms with Crippen LogP contribution in [0.1, 0.15) is 65.0 Å². The fourth-order valence-electron chi connectivity index (χ4n) is 4.15. The van der Waals surface area contributed by atoms with Crippen LogP contribution in [0.5, 0.6) is 0 Å². The number of nitrogens with zero attached hydrogens (tertiary/aromatic N) is 2. The van der Waals surface area contributed by atoms with Crippen LogP contribution in [-0.2, 0) is 10.2 Å². The topological polar surface area (TPSA) is 35.6 Å². The van der Waals surface area contributed by atoms with Crippen molar-refractivity contribution < 1.29 is 4.79 Å². The van der Waals surface area contributed by atoms with Crippen LogP contribution in [0.3, 0.4) is 0 Å². The molecular formula is C26H41N3O. The average Bonchev–Trinajstić information content (AvgIpc) is 2.64. The van der Waals surface area contributed by atoms with E-state index >= 15 is 0 Å². The van der Waals surface area contributed by atoms with E-state index in [9.17, 15) is 4.79 Å². The summed E-state index contributed by atoms with van der Waals surface area (Å²) in [6.45, 7) is 22.1. The summed E-state index contributed by atoms with van der Waals surface area (Å²) in [4.78, 5) is 16.0. The normalized spacial score (nSPS) is 19.4. The molecule has 1 aromatic carbocycles. The summed E-state index contributed by atoms with van der Waals surface area (Å²) in [7, 11) is 3.57. The Hall–Kier alpha value is -2.23.